The first-order chi connectivity index (χ1) is 7.40. The van der Waals surface area contributed by atoms with Crippen molar-refractivity contribution in [3.05, 3.63) is 0 Å². The zero-order chi connectivity index (χ0) is 12.3. The molecule has 0 aromatic rings. The Morgan fingerprint density at radius 3 is 1.50 bits per heavy atom. The Balaban J connectivity index is 2.66. The molecule has 1 rings (SSSR count). The van der Waals surface area contributed by atoms with Crippen LogP contribution in [0.5, 0.6) is 0 Å². The standard InChI is InChI=1S/C10H14Br2O4/c1-5(13)15-9-3-7(11)8(12)4-10(9)16-6(2)14/h7-10H,3-4H2,1-2H3/t7?,8?,9-,10-/m1/s1. The molecule has 4 nitrogen and oxygen atoms in total. The number of hydrogen-bond acceptors (Lipinski definition) is 4. The molecule has 2 unspecified atom stereocenters. The van der Waals surface area contributed by atoms with Crippen LogP contribution in [0.1, 0.15) is 26.7 Å². The predicted octanol–water partition coefficient (Wildman–Crippen LogP) is 2.17. The number of alkyl halides is 2. The summed E-state index contributed by atoms with van der Waals surface area (Å²) in [5.41, 5.74) is 0. The van der Waals surface area contributed by atoms with E-state index in [0.29, 0.717) is 12.8 Å². The summed E-state index contributed by atoms with van der Waals surface area (Å²) in [4.78, 5) is 22.3. The van der Waals surface area contributed by atoms with E-state index in [2.05, 4.69) is 31.9 Å². The number of rotatable bonds is 2. The van der Waals surface area contributed by atoms with Gasteiger partial charge in [0.25, 0.3) is 0 Å². The number of esters is 2. The van der Waals surface area contributed by atoms with Crippen molar-refractivity contribution in [2.45, 2.75) is 48.6 Å². The number of carbonyl (C=O) groups is 2. The fraction of sp³-hybridized carbons (Fsp3) is 0.800. The second kappa shape index (κ2) is 6.00. The average Bonchev–Trinajstić information content (AvgIpc) is 2.11. The summed E-state index contributed by atoms with van der Waals surface area (Å²) in [5, 5.41) is 0. The van der Waals surface area contributed by atoms with Crippen molar-refractivity contribution in [3.8, 4) is 0 Å². The van der Waals surface area contributed by atoms with Crippen LogP contribution in [0, 0.1) is 0 Å². The lowest BCUT2D eigenvalue weighted by Gasteiger charge is -2.35. The molecule has 0 aliphatic heterocycles. The molecule has 0 aromatic heterocycles. The van der Waals surface area contributed by atoms with Crippen LogP contribution < -0.4 is 0 Å². The molecule has 0 spiro atoms. The Kier molecular flexibility index (Phi) is 5.24. The maximum Gasteiger partial charge on any atom is 0.303 e. The molecule has 92 valence electrons. The molecule has 0 amide bonds. The molecule has 0 heterocycles. The van der Waals surface area contributed by atoms with Crippen LogP contribution in [0.3, 0.4) is 0 Å². The lowest BCUT2D eigenvalue weighted by atomic mass is 9.94. The minimum absolute atomic E-state index is 0.212. The van der Waals surface area contributed by atoms with E-state index in [0.717, 1.165) is 0 Å². The van der Waals surface area contributed by atoms with Gasteiger partial charge in [-0.2, -0.15) is 0 Å². The van der Waals surface area contributed by atoms with E-state index in [1.807, 2.05) is 0 Å². The highest BCUT2D eigenvalue weighted by Crippen LogP contribution is 2.33. The third-order valence-corrected chi connectivity index (χ3v) is 5.09. The van der Waals surface area contributed by atoms with Gasteiger partial charge in [0.05, 0.1) is 0 Å². The predicted molar refractivity (Wildman–Crippen MR) is 65.8 cm³/mol. The summed E-state index contributed by atoms with van der Waals surface area (Å²) in [5.74, 6) is -0.704. The largest absolute Gasteiger partial charge is 0.459 e. The fourth-order valence-electron chi connectivity index (χ4n) is 1.72. The van der Waals surface area contributed by atoms with Crippen molar-refractivity contribution in [3.63, 3.8) is 0 Å². The lowest BCUT2D eigenvalue weighted by molar-refractivity contribution is -0.168. The van der Waals surface area contributed by atoms with Crippen LogP contribution in [0.4, 0.5) is 0 Å². The van der Waals surface area contributed by atoms with Gasteiger partial charge in [-0.3, -0.25) is 9.59 Å². The zero-order valence-electron chi connectivity index (χ0n) is 9.11. The molecule has 0 aromatic carbocycles. The van der Waals surface area contributed by atoms with E-state index < -0.39 is 0 Å². The second-order valence-electron chi connectivity index (χ2n) is 3.80. The van der Waals surface area contributed by atoms with E-state index in [1.54, 1.807) is 0 Å². The van der Waals surface area contributed by atoms with Crippen LogP contribution in [0.25, 0.3) is 0 Å². The molecule has 0 radical (unpaired) electrons. The van der Waals surface area contributed by atoms with Crippen molar-refractivity contribution in [2.24, 2.45) is 0 Å². The van der Waals surface area contributed by atoms with Crippen LogP contribution in [0.15, 0.2) is 0 Å². The first-order valence-electron chi connectivity index (χ1n) is 5.02. The smallest absolute Gasteiger partial charge is 0.303 e. The van der Waals surface area contributed by atoms with Gasteiger partial charge >= 0.3 is 11.9 Å². The quantitative estimate of drug-likeness (QED) is 0.561. The van der Waals surface area contributed by atoms with Crippen LogP contribution in [-0.4, -0.2) is 33.8 Å². The third kappa shape index (κ3) is 4.05. The summed E-state index contributed by atoms with van der Waals surface area (Å²) in [6.07, 6.45) is 0.542. The van der Waals surface area contributed by atoms with Gasteiger partial charge in [0, 0.05) is 36.3 Å². The molecule has 0 saturated heterocycles. The molecule has 1 aliphatic rings. The lowest BCUT2D eigenvalue weighted by Crippen LogP contribution is -2.44. The maximum atomic E-state index is 10.9. The topological polar surface area (TPSA) is 52.6 Å². The summed E-state index contributed by atoms with van der Waals surface area (Å²) < 4.78 is 10.3. The summed E-state index contributed by atoms with van der Waals surface area (Å²) >= 11 is 7.00. The Labute approximate surface area is 111 Å². The van der Waals surface area contributed by atoms with Gasteiger partial charge in [-0.25, -0.2) is 0 Å². The molecular weight excluding hydrogens is 344 g/mol. The van der Waals surface area contributed by atoms with E-state index in [1.165, 1.54) is 13.8 Å². The highest BCUT2D eigenvalue weighted by molar-refractivity contribution is 9.12. The molecular formula is C10H14Br2O4. The fourth-order valence-corrected chi connectivity index (χ4v) is 2.89. The van der Waals surface area contributed by atoms with Gasteiger partial charge in [-0.1, -0.05) is 31.9 Å². The van der Waals surface area contributed by atoms with Gasteiger partial charge in [-0.05, 0) is 0 Å². The third-order valence-electron chi connectivity index (χ3n) is 2.36. The van der Waals surface area contributed by atoms with Crippen molar-refractivity contribution < 1.29 is 19.1 Å². The average molecular weight is 358 g/mol. The Morgan fingerprint density at radius 1 is 0.938 bits per heavy atom. The first-order valence-corrected chi connectivity index (χ1v) is 6.86. The molecule has 0 bridgehead atoms. The van der Waals surface area contributed by atoms with Crippen LogP contribution >= 0.6 is 31.9 Å². The Hall–Kier alpha value is -0.100. The Bertz CT molecular complexity index is 254. The van der Waals surface area contributed by atoms with Crippen molar-refractivity contribution in [1.82, 2.24) is 0 Å². The monoisotopic (exact) mass is 356 g/mol. The zero-order valence-corrected chi connectivity index (χ0v) is 12.3. The maximum absolute atomic E-state index is 10.9. The summed E-state index contributed by atoms with van der Waals surface area (Å²) in [7, 11) is 0. The molecule has 1 fully saturated rings. The molecule has 1 saturated carbocycles. The van der Waals surface area contributed by atoms with E-state index >= 15 is 0 Å². The van der Waals surface area contributed by atoms with Gasteiger partial charge in [-0.15, -0.1) is 0 Å². The van der Waals surface area contributed by atoms with Gasteiger partial charge in [0.1, 0.15) is 12.2 Å². The SMILES string of the molecule is CC(=O)O[C@@H]1CC(Br)C(Br)C[C@H]1OC(C)=O. The highest BCUT2D eigenvalue weighted by atomic mass is 79.9. The molecule has 0 N–H and O–H groups in total. The number of ether oxygens (including phenoxy) is 2. The minimum Gasteiger partial charge on any atom is -0.459 e. The molecule has 1 aliphatic carbocycles. The minimum atomic E-state index is -0.362. The number of hydrogen-bond donors (Lipinski definition) is 0. The Morgan fingerprint density at radius 2 is 1.25 bits per heavy atom. The normalized spacial score (nSPS) is 34.2. The van der Waals surface area contributed by atoms with Crippen molar-refractivity contribution >= 4 is 43.8 Å². The highest BCUT2D eigenvalue weighted by Gasteiger charge is 2.38. The van der Waals surface area contributed by atoms with E-state index in [-0.39, 0.29) is 33.8 Å². The van der Waals surface area contributed by atoms with Crippen molar-refractivity contribution in [2.75, 3.05) is 0 Å². The first kappa shape index (κ1) is 14.0. The van der Waals surface area contributed by atoms with Gasteiger partial charge in [0.2, 0.25) is 0 Å². The van der Waals surface area contributed by atoms with Crippen molar-refractivity contribution in [1.29, 1.82) is 0 Å². The summed E-state index contributed by atoms with van der Waals surface area (Å²) in [6.45, 7) is 2.71. The van der Waals surface area contributed by atoms with Crippen LogP contribution in [0.2, 0.25) is 0 Å². The summed E-state index contributed by atoms with van der Waals surface area (Å²) in [6, 6.07) is 0. The van der Waals surface area contributed by atoms with Gasteiger partial charge in [0.15, 0.2) is 0 Å². The number of carbonyl (C=O) groups excluding carboxylic acids is 2. The number of halogens is 2. The second-order valence-corrected chi connectivity index (χ2v) is 6.15. The van der Waals surface area contributed by atoms with E-state index in [9.17, 15) is 9.59 Å². The van der Waals surface area contributed by atoms with Gasteiger partial charge < -0.3 is 9.47 Å². The van der Waals surface area contributed by atoms with Crippen LogP contribution in [-0.2, 0) is 19.1 Å². The molecule has 16 heavy (non-hydrogen) atoms. The molecule has 6 heteroatoms. The van der Waals surface area contributed by atoms with E-state index in [4.69, 9.17) is 9.47 Å². The molecule has 4 atom stereocenters.